The third kappa shape index (κ3) is 3.86. The Hall–Kier alpha value is -1.26. The van der Waals surface area contributed by atoms with Crippen LogP contribution in [0.25, 0.3) is 0 Å². The molecule has 1 saturated heterocycles. The maximum absolute atomic E-state index is 12.2. The molecule has 3 aliphatic rings. The lowest BCUT2D eigenvalue weighted by molar-refractivity contribution is 0.181. The van der Waals surface area contributed by atoms with Gasteiger partial charge in [-0.1, -0.05) is 23.7 Å². The molecule has 3 fully saturated rings. The summed E-state index contributed by atoms with van der Waals surface area (Å²) in [6.45, 7) is 2.27. The second kappa shape index (κ2) is 6.93. The molecule has 0 unspecified atom stereocenters. The molecule has 0 bridgehead atoms. The first-order valence-electron chi connectivity index (χ1n) is 9.24. The van der Waals surface area contributed by atoms with E-state index in [0.717, 1.165) is 49.8 Å². The Labute approximate surface area is 148 Å². The first-order chi connectivity index (χ1) is 11.7. The highest BCUT2D eigenvalue weighted by Crippen LogP contribution is 2.37. The number of amides is 2. The molecule has 2 saturated carbocycles. The number of nitrogens with zero attached hydrogens (tertiary/aromatic N) is 1. The summed E-state index contributed by atoms with van der Waals surface area (Å²) in [5.41, 5.74) is 1.29. The van der Waals surface area contributed by atoms with Gasteiger partial charge in [-0.3, -0.25) is 0 Å². The van der Waals surface area contributed by atoms with Crippen LogP contribution < -0.4 is 10.6 Å². The maximum atomic E-state index is 12.2. The van der Waals surface area contributed by atoms with Crippen molar-refractivity contribution < 1.29 is 4.79 Å². The van der Waals surface area contributed by atoms with E-state index in [4.69, 9.17) is 11.6 Å². The third-order valence-corrected chi connectivity index (χ3v) is 5.96. The SMILES string of the molecule is O=C(NC1CCN(C2CC2)CC1)NC1CC(c2cccc(Cl)c2)C1. The number of likely N-dealkylation sites (tertiary alicyclic amines) is 1. The summed E-state index contributed by atoms with van der Waals surface area (Å²) in [7, 11) is 0. The molecule has 24 heavy (non-hydrogen) atoms. The van der Waals surface area contributed by atoms with Crippen molar-refractivity contribution in [3.8, 4) is 0 Å². The Morgan fingerprint density at radius 1 is 1.04 bits per heavy atom. The van der Waals surface area contributed by atoms with E-state index < -0.39 is 0 Å². The van der Waals surface area contributed by atoms with E-state index in [-0.39, 0.29) is 6.03 Å². The second-order valence-electron chi connectivity index (χ2n) is 7.58. The number of nitrogens with one attached hydrogen (secondary N) is 2. The van der Waals surface area contributed by atoms with Crippen molar-refractivity contribution in [2.75, 3.05) is 13.1 Å². The van der Waals surface area contributed by atoms with E-state index in [1.807, 2.05) is 18.2 Å². The minimum absolute atomic E-state index is 0.00872. The van der Waals surface area contributed by atoms with E-state index in [1.54, 1.807) is 0 Å². The van der Waals surface area contributed by atoms with Gasteiger partial charge in [0.05, 0.1) is 0 Å². The smallest absolute Gasteiger partial charge is 0.315 e. The molecule has 2 amide bonds. The fourth-order valence-electron chi connectivity index (χ4n) is 4.03. The molecule has 1 aliphatic heterocycles. The number of carbonyl (C=O) groups is 1. The van der Waals surface area contributed by atoms with E-state index in [2.05, 4.69) is 21.6 Å². The van der Waals surface area contributed by atoms with Crippen molar-refractivity contribution in [2.45, 2.75) is 62.6 Å². The quantitative estimate of drug-likeness (QED) is 0.875. The lowest BCUT2D eigenvalue weighted by Crippen LogP contribution is -2.52. The molecular formula is C19H26ClN3O. The minimum Gasteiger partial charge on any atom is -0.335 e. The van der Waals surface area contributed by atoms with Crippen LogP contribution in [-0.4, -0.2) is 42.1 Å². The maximum Gasteiger partial charge on any atom is 0.315 e. The number of hydrogen-bond donors (Lipinski definition) is 2. The molecule has 0 spiro atoms. The molecule has 2 N–H and O–H groups in total. The summed E-state index contributed by atoms with van der Waals surface area (Å²) >= 11 is 6.05. The number of rotatable bonds is 4. The Bertz CT molecular complexity index is 590. The Kier molecular flexibility index (Phi) is 4.68. The Balaban J connectivity index is 1.17. The number of benzene rings is 1. The topological polar surface area (TPSA) is 44.4 Å². The Morgan fingerprint density at radius 2 is 1.75 bits per heavy atom. The molecule has 130 valence electrons. The van der Waals surface area contributed by atoms with Crippen LogP contribution in [-0.2, 0) is 0 Å². The highest BCUT2D eigenvalue weighted by molar-refractivity contribution is 6.30. The summed E-state index contributed by atoms with van der Waals surface area (Å²) in [4.78, 5) is 14.8. The zero-order valence-electron chi connectivity index (χ0n) is 14.0. The van der Waals surface area contributed by atoms with Crippen LogP contribution in [0.5, 0.6) is 0 Å². The van der Waals surface area contributed by atoms with Gasteiger partial charge in [0.2, 0.25) is 0 Å². The van der Waals surface area contributed by atoms with Crippen molar-refractivity contribution in [3.05, 3.63) is 34.9 Å². The normalized spacial score (nSPS) is 28.2. The summed E-state index contributed by atoms with van der Waals surface area (Å²) in [6.07, 6.45) is 6.92. The summed E-state index contributed by atoms with van der Waals surface area (Å²) in [6, 6.07) is 9.55. The van der Waals surface area contributed by atoms with Gasteiger partial charge in [0.15, 0.2) is 0 Å². The molecule has 1 aromatic rings. The predicted octanol–water partition coefficient (Wildman–Crippen LogP) is 3.51. The monoisotopic (exact) mass is 347 g/mol. The molecule has 0 atom stereocenters. The van der Waals surface area contributed by atoms with Crippen molar-refractivity contribution in [1.82, 2.24) is 15.5 Å². The third-order valence-electron chi connectivity index (χ3n) is 5.72. The number of hydrogen-bond acceptors (Lipinski definition) is 2. The molecule has 1 heterocycles. The van der Waals surface area contributed by atoms with Crippen LogP contribution in [0.1, 0.15) is 50.0 Å². The first-order valence-corrected chi connectivity index (χ1v) is 9.62. The van der Waals surface area contributed by atoms with Gasteiger partial charge in [0.1, 0.15) is 0 Å². The number of piperidine rings is 1. The predicted molar refractivity (Wildman–Crippen MR) is 96.5 cm³/mol. The van der Waals surface area contributed by atoms with Crippen LogP contribution in [0, 0.1) is 0 Å². The van der Waals surface area contributed by atoms with Gasteiger partial charge >= 0.3 is 6.03 Å². The minimum atomic E-state index is 0.00872. The van der Waals surface area contributed by atoms with E-state index >= 15 is 0 Å². The first kappa shape index (κ1) is 16.2. The molecule has 4 nitrogen and oxygen atoms in total. The van der Waals surface area contributed by atoms with Crippen molar-refractivity contribution in [1.29, 1.82) is 0 Å². The highest BCUT2D eigenvalue weighted by atomic mass is 35.5. The second-order valence-corrected chi connectivity index (χ2v) is 8.02. The molecule has 1 aromatic carbocycles. The summed E-state index contributed by atoms with van der Waals surface area (Å²) in [5, 5.41) is 7.08. The van der Waals surface area contributed by atoms with E-state index in [9.17, 15) is 4.79 Å². The highest BCUT2D eigenvalue weighted by Gasteiger charge is 2.34. The number of carbonyl (C=O) groups excluding carboxylic acids is 1. The van der Waals surface area contributed by atoms with E-state index in [1.165, 1.54) is 18.4 Å². The summed E-state index contributed by atoms with van der Waals surface area (Å²) in [5.74, 6) is 0.524. The summed E-state index contributed by atoms with van der Waals surface area (Å²) < 4.78 is 0. The van der Waals surface area contributed by atoms with Crippen LogP contribution in [0.3, 0.4) is 0 Å². The van der Waals surface area contributed by atoms with Crippen LogP contribution in [0.15, 0.2) is 24.3 Å². The fraction of sp³-hybridized carbons (Fsp3) is 0.632. The largest absolute Gasteiger partial charge is 0.335 e. The molecule has 2 aliphatic carbocycles. The Morgan fingerprint density at radius 3 is 2.42 bits per heavy atom. The van der Waals surface area contributed by atoms with Crippen LogP contribution >= 0.6 is 11.6 Å². The van der Waals surface area contributed by atoms with Gasteiger partial charge in [0, 0.05) is 36.2 Å². The average molecular weight is 348 g/mol. The van der Waals surface area contributed by atoms with Crippen molar-refractivity contribution in [2.24, 2.45) is 0 Å². The van der Waals surface area contributed by atoms with Crippen molar-refractivity contribution in [3.63, 3.8) is 0 Å². The van der Waals surface area contributed by atoms with Gasteiger partial charge in [-0.15, -0.1) is 0 Å². The lowest BCUT2D eigenvalue weighted by atomic mass is 9.76. The lowest BCUT2D eigenvalue weighted by Gasteiger charge is -2.37. The van der Waals surface area contributed by atoms with Gasteiger partial charge in [-0.25, -0.2) is 4.79 Å². The number of halogens is 1. The van der Waals surface area contributed by atoms with Gasteiger partial charge < -0.3 is 15.5 Å². The fourth-order valence-corrected chi connectivity index (χ4v) is 4.23. The van der Waals surface area contributed by atoms with Gasteiger partial charge in [0.25, 0.3) is 0 Å². The molecule has 0 aromatic heterocycles. The van der Waals surface area contributed by atoms with Crippen molar-refractivity contribution >= 4 is 17.6 Å². The standard InChI is InChI=1S/C19H26ClN3O/c20-15-3-1-2-13(10-15)14-11-17(12-14)22-19(24)21-16-6-8-23(9-7-16)18-4-5-18/h1-3,10,14,16-18H,4-9,11-12H2,(H2,21,22,24). The van der Waals surface area contributed by atoms with Gasteiger partial charge in [-0.05, 0) is 62.1 Å². The zero-order valence-corrected chi connectivity index (χ0v) is 14.8. The van der Waals surface area contributed by atoms with E-state index in [0.29, 0.717) is 18.0 Å². The van der Waals surface area contributed by atoms with Crippen LogP contribution in [0.2, 0.25) is 5.02 Å². The molecule has 4 rings (SSSR count). The average Bonchev–Trinajstić information content (AvgIpc) is 3.36. The number of urea groups is 1. The van der Waals surface area contributed by atoms with Gasteiger partial charge in [-0.2, -0.15) is 0 Å². The molecule has 5 heteroatoms. The van der Waals surface area contributed by atoms with Crippen LogP contribution in [0.4, 0.5) is 4.79 Å². The molecule has 0 radical (unpaired) electrons. The zero-order chi connectivity index (χ0) is 16.5. The molecular weight excluding hydrogens is 322 g/mol.